The summed E-state index contributed by atoms with van der Waals surface area (Å²) >= 11 is 1.79. The lowest BCUT2D eigenvalue weighted by atomic mass is 10.2. The van der Waals surface area contributed by atoms with Crippen molar-refractivity contribution in [1.82, 2.24) is 4.57 Å². The van der Waals surface area contributed by atoms with E-state index < -0.39 is 0 Å². The second-order valence-electron chi connectivity index (χ2n) is 4.72. The smallest absolute Gasteiger partial charge is 0.322 e. The fourth-order valence-electron chi connectivity index (χ4n) is 2.14. The maximum atomic E-state index is 2.28. The van der Waals surface area contributed by atoms with Gasteiger partial charge < -0.3 is 17.0 Å². The van der Waals surface area contributed by atoms with Crippen LogP contribution in [-0.2, 0) is 13.6 Å². The van der Waals surface area contributed by atoms with E-state index in [0.717, 1.165) is 6.54 Å². The van der Waals surface area contributed by atoms with Gasteiger partial charge in [0.05, 0.1) is 7.05 Å². The molecule has 0 aliphatic rings. The number of hydrogen-bond donors (Lipinski definition) is 0. The van der Waals surface area contributed by atoms with E-state index in [1.165, 1.54) is 15.6 Å². The molecule has 4 heteroatoms. The average Bonchev–Trinajstić information content (AvgIpc) is 2.83. The van der Waals surface area contributed by atoms with Crippen LogP contribution in [0.1, 0.15) is 5.56 Å². The van der Waals surface area contributed by atoms with Crippen molar-refractivity contribution in [2.45, 2.75) is 16.6 Å². The van der Waals surface area contributed by atoms with Gasteiger partial charge in [-0.25, -0.2) is 9.13 Å². The molecule has 0 saturated heterocycles. The Morgan fingerprint density at radius 2 is 1.57 bits per heavy atom. The molecule has 0 atom stereocenters. The van der Waals surface area contributed by atoms with Gasteiger partial charge in [0.15, 0.2) is 0 Å². The zero-order valence-electron chi connectivity index (χ0n) is 11.8. The Morgan fingerprint density at radius 3 is 2.24 bits per heavy atom. The van der Waals surface area contributed by atoms with Gasteiger partial charge in [-0.05, 0) is 29.5 Å². The van der Waals surface area contributed by atoms with Crippen LogP contribution in [-0.4, -0.2) is 4.57 Å². The topological polar surface area (TPSA) is 8.81 Å². The normalized spacial score (nSPS) is 10.1. The van der Waals surface area contributed by atoms with Gasteiger partial charge in [0.25, 0.3) is 0 Å². The van der Waals surface area contributed by atoms with Crippen molar-refractivity contribution < 1.29 is 21.5 Å². The van der Waals surface area contributed by atoms with Crippen molar-refractivity contribution in [2.24, 2.45) is 7.05 Å². The lowest BCUT2D eigenvalue weighted by molar-refractivity contribution is -0.709. The van der Waals surface area contributed by atoms with E-state index >= 15 is 0 Å². The molecular weight excluding hydrogens is 344 g/mol. The van der Waals surface area contributed by atoms with E-state index in [0.29, 0.717) is 0 Å². The summed E-state index contributed by atoms with van der Waals surface area (Å²) in [5.41, 5.74) is 1.32. The highest BCUT2D eigenvalue weighted by atomic mass is 79.9. The van der Waals surface area contributed by atoms with E-state index in [9.17, 15) is 0 Å². The zero-order chi connectivity index (χ0) is 13.8. The van der Waals surface area contributed by atoms with Crippen LogP contribution in [0.3, 0.4) is 0 Å². The summed E-state index contributed by atoms with van der Waals surface area (Å²) < 4.78 is 4.45. The van der Waals surface area contributed by atoms with E-state index in [2.05, 4.69) is 83.2 Å². The molecule has 0 aliphatic heterocycles. The predicted molar refractivity (Wildman–Crippen MR) is 81.7 cm³/mol. The first-order valence-corrected chi connectivity index (χ1v) is 7.46. The highest BCUT2D eigenvalue weighted by Gasteiger charge is 2.16. The quantitative estimate of drug-likeness (QED) is 0.616. The summed E-state index contributed by atoms with van der Waals surface area (Å²) in [6.07, 6.45) is 4.24. The van der Waals surface area contributed by atoms with Crippen LogP contribution in [0.15, 0.2) is 83.1 Å². The minimum absolute atomic E-state index is 0. The third-order valence-electron chi connectivity index (χ3n) is 3.17. The van der Waals surface area contributed by atoms with E-state index in [1.807, 2.05) is 6.07 Å². The van der Waals surface area contributed by atoms with Gasteiger partial charge in [-0.2, -0.15) is 0 Å². The molecule has 0 radical (unpaired) electrons. The lowest BCUT2D eigenvalue weighted by Gasteiger charge is -2.03. The molecule has 2 nitrogen and oxygen atoms in total. The van der Waals surface area contributed by atoms with Gasteiger partial charge in [-0.1, -0.05) is 48.5 Å². The summed E-state index contributed by atoms with van der Waals surface area (Å²) in [6.45, 7) is 0.900. The Labute approximate surface area is 140 Å². The molecule has 0 saturated carbocycles. The third-order valence-corrected chi connectivity index (χ3v) is 4.38. The van der Waals surface area contributed by atoms with Crippen molar-refractivity contribution in [3.05, 3.63) is 78.6 Å². The molecule has 2 aromatic carbocycles. The molecule has 0 N–H and O–H groups in total. The molecule has 0 fully saturated rings. The van der Waals surface area contributed by atoms with Crippen LogP contribution in [0.25, 0.3) is 0 Å². The van der Waals surface area contributed by atoms with Gasteiger partial charge in [0, 0.05) is 4.90 Å². The van der Waals surface area contributed by atoms with Gasteiger partial charge in [0.2, 0.25) is 0 Å². The largest absolute Gasteiger partial charge is 1.00 e. The van der Waals surface area contributed by atoms with Crippen LogP contribution in [0.2, 0.25) is 0 Å². The predicted octanol–water partition coefficient (Wildman–Crippen LogP) is 0.516. The minimum atomic E-state index is 0. The Hall–Kier alpha value is -1.52. The average molecular weight is 361 g/mol. The van der Waals surface area contributed by atoms with Gasteiger partial charge >= 0.3 is 5.16 Å². The second kappa shape index (κ2) is 7.48. The molecule has 0 spiro atoms. The molecule has 0 amide bonds. The molecule has 21 heavy (non-hydrogen) atoms. The van der Waals surface area contributed by atoms with Gasteiger partial charge in [0.1, 0.15) is 18.9 Å². The Morgan fingerprint density at radius 1 is 0.952 bits per heavy atom. The number of benzene rings is 2. The standard InChI is InChI=1S/C17H17N2S.BrH/c1-18-12-13-19(14-15-8-4-2-5-9-15)17(18)20-16-10-6-3-7-11-16;/h2-13H,14H2,1H3;1H/q+1;/p-1. The maximum absolute atomic E-state index is 2.28. The van der Waals surface area contributed by atoms with Crippen molar-refractivity contribution in [1.29, 1.82) is 0 Å². The molecule has 0 aliphatic carbocycles. The molecule has 0 unspecified atom stereocenters. The fraction of sp³-hybridized carbons (Fsp3) is 0.118. The molecule has 0 bridgehead atoms. The van der Waals surface area contributed by atoms with E-state index in [1.54, 1.807) is 11.8 Å². The number of hydrogen-bond acceptors (Lipinski definition) is 1. The summed E-state index contributed by atoms with van der Waals surface area (Å²) in [7, 11) is 2.09. The van der Waals surface area contributed by atoms with Crippen LogP contribution in [0.5, 0.6) is 0 Å². The number of imidazole rings is 1. The first kappa shape index (κ1) is 15.9. The third kappa shape index (κ3) is 3.99. The molecule has 1 aromatic heterocycles. The summed E-state index contributed by atoms with van der Waals surface area (Å²) in [4.78, 5) is 1.26. The van der Waals surface area contributed by atoms with Crippen LogP contribution >= 0.6 is 11.8 Å². The monoisotopic (exact) mass is 360 g/mol. The number of halogens is 1. The van der Waals surface area contributed by atoms with E-state index in [-0.39, 0.29) is 17.0 Å². The molecular formula is C17H17BrN2S. The summed E-state index contributed by atoms with van der Waals surface area (Å²) in [5, 5.41) is 1.24. The molecule has 3 aromatic rings. The first-order valence-electron chi connectivity index (χ1n) is 6.64. The lowest BCUT2D eigenvalue weighted by Crippen LogP contribution is -3.00. The van der Waals surface area contributed by atoms with Gasteiger partial charge in [-0.3, -0.25) is 0 Å². The zero-order valence-corrected chi connectivity index (χ0v) is 14.2. The number of rotatable bonds is 4. The number of nitrogens with zero attached hydrogens (tertiary/aromatic N) is 2. The summed E-state index contributed by atoms with van der Waals surface area (Å²) in [5.74, 6) is 0. The first-order chi connectivity index (χ1) is 9.83. The van der Waals surface area contributed by atoms with Crippen molar-refractivity contribution in [2.75, 3.05) is 0 Å². The minimum Gasteiger partial charge on any atom is -1.00 e. The summed E-state index contributed by atoms with van der Waals surface area (Å²) in [6, 6.07) is 21.0. The van der Waals surface area contributed by atoms with Crippen molar-refractivity contribution >= 4 is 11.8 Å². The highest BCUT2D eigenvalue weighted by Crippen LogP contribution is 2.25. The van der Waals surface area contributed by atoms with Crippen molar-refractivity contribution in [3.8, 4) is 0 Å². The molecule has 1 heterocycles. The van der Waals surface area contributed by atoms with Gasteiger partial charge in [-0.15, -0.1) is 0 Å². The van der Waals surface area contributed by atoms with Crippen LogP contribution in [0, 0.1) is 0 Å². The maximum Gasteiger partial charge on any atom is 0.322 e. The Balaban J connectivity index is 0.00000161. The fourth-order valence-corrected chi connectivity index (χ4v) is 3.09. The van der Waals surface area contributed by atoms with Crippen molar-refractivity contribution in [3.63, 3.8) is 0 Å². The van der Waals surface area contributed by atoms with E-state index in [4.69, 9.17) is 0 Å². The second-order valence-corrected chi connectivity index (χ2v) is 5.76. The van der Waals surface area contributed by atoms with Crippen LogP contribution < -0.4 is 21.5 Å². The highest BCUT2D eigenvalue weighted by molar-refractivity contribution is 7.99. The SMILES string of the molecule is C[n+]1ccn(Cc2ccccc2)c1Sc1ccccc1.[Br-]. The number of aromatic nitrogens is 2. The molecule has 108 valence electrons. The Bertz CT molecular complexity index is 681. The Kier molecular flexibility index (Phi) is 5.65. The number of aryl methyl sites for hydroxylation is 1. The molecule has 3 rings (SSSR count). The van der Waals surface area contributed by atoms with Crippen LogP contribution in [0.4, 0.5) is 0 Å².